The zero-order valence-electron chi connectivity index (χ0n) is 9.10. The Morgan fingerprint density at radius 2 is 2.12 bits per heavy atom. The van der Waals surface area contributed by atoms with E-state index >= 15 is 0 Å². The molecule has 0 spiro atoms. The number of nitrogens with zero attached hydrogens (tertiary/aromatic N) is 4. The van der Waals surface area contributed by atoms with Crippen molar-refractivity contribution in [2.24, 2.45) is 0 Å². The van der Waals surface area contributed by atoms with Gasteiger partial charge in [0.2, 0.25) is 0 Å². The number of hydrogen-bond acceptors (Lipinski definition) is 3. The topological polar surface area (TPSA) is 52.7 Å². The normalized spacial score (nSPS) is 10.8. The highest BCUT2D eigenvalue weighted by molar-refractivity contribution is 6.41. The summed E-state index contributed by atoms with van der Waals surface area (Å²) in [5.74, 6) is 0. The van der Waals surface area contributed by atoms with Crippen LogP contribution in [0.3, 0.4) is 0 Å². The molecule has 17 heavy (non-hydrogen) atoms. The van der Waals surface area contributed by atoms with E-state index in [1.54, 1.807) is 12.5 Å². The number of imidazole rings is 1. The quantitative estimate of drug-likeness (QED) is 0.857. The molecule has 0 N–H and O–H groups in total. The van der Waals surface area contributed by atoms with Crippen LogP contribution in [0.25, 0.3) is 0 Å². The molecule has 0 aliphatic carbocycles. The second kappa shape index (κ2) is 4.89. The van der Waals surface area contributed by atoms with Gasteiger partial charge in [0.25, 0.3) is 5.56 Å². The highest BCUT2D eigenvalue weighted by Crippen LogP contribution is 2.14. The predicted molar refractivity (Wildman–Crippen MR) is 65.5 cm³/mol. The molecule has 0 bridgehead atoms. The average molecular weight is 273 g/mol. The molecule has 0 saturated carbocycles. The lowest BCUT2D eigenvalue weighted by atomic mass is 10.4. The molecule has 2 rings (SSSR count). The maximum Gasteiger partial charge on any atom is 0.287 e. The number of aromatic nitrogens is 4. The van der Waals surface area contributed by atoms with Crippen molar-refractivity contribution >= 4 is 23.2 Å². The lowest BCUT2D eigenvalue weighted by Crippen LogP contribution is -2.24. The second-order valence-corrected chi connectivity index (χ2v) is 4.23. The molecule has 0 unspecified atom stereocenters. The molecule has 0 aliphatic rings. The van der Waals surface area contributed by atoms with Gasteiger partial charge in [-0.3, -0.25) is 4.79 Å². The van der Waals surface area contributed by atoms with Gasteiger partial charge in [-0.2, -0.15) is 5.10 Å². The third-order valence-corrected chi connectivity index (χ3v) is 3.14. The summed E-state index contributed by atoms with van der Waals surface area (Å²) in [7, 11) is 0. The van der Waals surface area contributed by atoms with Gasteiger partial charge in [-0.15, -0.1) is 0 Å². The maximum atomic E-state index is 11.8. The van der Waals surface area contributed by atoms with Crippen LogP contribution in [0.2, 0.25) is 10.0 Å². The van der Waals surface area contributed by atoms with E-state index in [1.807, 2.05) is 11.5 Å². The largest absolute Gasteiger partial charge is 0.333 e. The first-order valence-electron chi connectivity index (χ1n) is 5.03. The van der Waals surface area contributed by atoms with Crippen molar-refractivity contribution in [3.63, 3.8) is 0 Å². The van der Waals surface area contributed by atoms with Crippen molar-refractivity contribution in [2.75, 3.05) is 0 Å². The first kappa shape index (κ1) is 12.1. The maximum absolute atomic E-state index is 11.8. The number of aryl methyl sites for hydroxylation is 1. The van der Waals surface area contributed by atoms with Gasteiger partial charge in [0.1, 0.15) is 5.02 Å². The van der Waals surface area contributed by atoms with Gasteiger partial charge < -0.3 is 4.57 Å². The van der Waals surface area contributed by atoms with Gasteiger partial charge in [0.15, 0.2) is 0 Å². The Labute approximate surface area is 108 Å². The summed E-state index contributed by atoms with van der Waals surface area (Å²) in [6, 6.07) is 0. The van der Waals surface area contributed by atoms with Crippen molar-refractivity contribution < 1.29 is 0 Å². The van der Waals surface area contributed by atoms with Gasteiger partial charge in [0.05, 0.1) is 36.0 Å². The first-order valence-corrected chi connectivity index (χ1v) is 5.79. The molecule has 0 aliphatic heterocycles. The summed E-state index contributed by atoms with van der Waals surface area (Å²) in [5, 5.41) is 4.09. The standard InChI is InChI=1S/C10H10Cl2N4O/c1-2-15-6-13-3-7(15)5-16-10(17)9(12)8(11)4-14-16/h3-4,6H,2,5H2,1H3. The summed E-state index contributed by atoms with van der Waals surface area (Å²) in [5.41, 5.74) is 0.489. The average Bonchev–Trinajstić information content (AvgIpc) is 2.77. The van der Waals surface area contributed by atoms with Crippen LogP contribution >= 0.6 is 23.2 Å². The van der Waals surface area contributed by atoms with E-state index in [2.05, 4.69) is 10.1 Å². The lowest BCUT2D eigenvalue weighted by molar-refractivity contribution is 0.593. The van der Waals surface area contributed by atoms with Gasteiger partial charge >= 0.3 is 0 Å². The molecule has 7 heteroatoms. The van der Waals surface area contributed by atoms with Crippen LogP contribution in [0.5, 0.6) is 0 Å². The van der Waals surface area contributed by atoms with Crippen molar-refractivity contribution in [1.82, 2.24) is 19.3 Å². The molecule has 0 amide bonds. The van der Waals surface area contributed by atoms with Crippen LogP contribution in [-0.2, 0) is 13.1 Å². The SMILES string of the molecule is CCn1cncc1Cn1ncc(Cl)c(Cl)c1=O. The molecule has 0 saturated heterocycles. The fourth-order valence-electron chi connectivity index (χ4n) is 1.48. The first-order chi connectivity index (χ1) is 8.13. The summed E-state index contributed by atoms with van der Waals surface area (Å²) >= 11 is 11.5. The van der Waals surface area contributed by atoms with E-state index in [9.17, 15) is 4.79 Å². The Morgan fingerprint density at radius 1 is 1.35 bits per heavy atom. The summed E-state index contributed by atoms with van der Waals surface area (Å²) in [6.07, 6.45) is 4.76. The van der Waals surface area contributed by atoms with Crippen LogP contribution < -0.4 is 5.56 Å². The van der Waals surface area contributed by atoms with Gasteiger partial charge in [-0.1, -0.05) is 23.2 Å². The second-order valence-electron chi connectivity index (χ2n) is 3.44. The van der Waals surface area contributed by atoms with E-state index in [4.69, 9.17) is 23.2 Å². The van der Waals surface area contributed by atoms with E-state index in [-0.39, 0.29) is 10.0 Å². The van der Waals surface area contributed by atoms with Crippen molar-refractivity contribution in [3.05, 3.63) is 44.8 Å². The third-order valence-electron chi connectivity index (χ3n) is 2.39. The predicted octanol–water partition coefficient (Wildman–Crippen LogP) is 1.81. The van der Waals surface area contributed by atoms with Crippen LogP contribution in [0.4, 0.5) is 0 Å². The molecule has 90 valence electrons. The molecular weight excluding hydrogens is 263 g/mol. The summed E-state index contributed by atoms with van der Waals surface area (Å²) < 4.78 is 3.19. The Bertz CT molecular complexity index is 590. The minimum atomic E-state index is -0.400. The smallest absolute Gasteiger partial charge is 0.287 e. The molecule has 0 aromatic carbocycles. The molecule has 0 fully saturated rings. The van der Waals surface area contributed by atoms with Crippen molar-refractivity contribution in [2.45, 2.75) is 20.0 Å². The molecule has 0 atom stereocenters. The summed E-state index contributed by atoms with van der Waals surface area (Å²) in [4.78, 5) is 15.8. The number of rotatable bonds is 3. The zero-order chi connectivity index (χ0) is 12.4. The minimum absolute atomic E-state index is 0.00997. The number of hydrogen-bond donors (Lipinski definition) is 0. The lowest BCUT2D eigenvalue weighted by Gasteiger charge is -2.07. The Balaban J connectivity index is 2.37. The molecule has 2 heterocycles. The van der Waals surface area contributed by atoms with E-state index in [0.717, 1.165) is 12.2 Å². The van der Waals surface area contributed by atoms with E-state index < -0.39 is 5.56 Å². The van der Waals surface area contributed by atoms with Crippen LogP contribution in [-0.4, -0.2) is 19.3 Å². The van der Waals surface area contributed by atoms with Crippen molar-refractivity contribution in [1.29, 1.82) is 0 Å². The monoisotopic (exact) mass is 272 g/mol. The molecule has 5 nitrogen and oxygen atoms in total. The Hall–Kier alpha value is -1.33. The molecule has 2 aromatic rings. The fourth-order valence-corrected chi connectivity index (χ4v) is 1.75. The minimum Gasteiger partial charge on any atom is -0.333 e. The van der Waals surface area contributed by atoms with E-state index in [0.29, 0.717) is 6.54 Å². The number of halogens is 2. The van der Waals surface area contributed by atoms with Gasteiger partial charge in [0, 0.05) is 6.54 Å². The fraction of sp³-hybridized carbons (Fsp3) is 0.300. The highest BCUT2D eigenvalue weighted by atomic mass is 35.5. The highest BCUT2D eigenvalue weighted by Gasteiger charge is 2.09. The Kier molecular flexibility index (Phi) is 3.49. The molecule has 0 radical (unpaired) electrons. The van der Waals surface area contributed by atoms with E-state index in [1.165, 1.54) is 10.9 Å². The molecular formula is C10H10Cl2N4O. The van der Waals surface area contributed by atoms with Gasteiger partial charge in [-0.25, -0.2) is 9.67 Å². The van der Waals surface area contributed by atoms with Crippen LogP contribution in [0.1, 0.15) is 12.6 Å². The third kappa shape index (κ3) is 2.35. The van der Waals surface area contributed by atoms with Crippen LogP contribution in [0, 0.1) is 0 Å². The zero-order valence-corrected chi connectivity index (χ0v) is 10.6. The summed E-state index contributed by atoms with van der Waals surface area (Å²) in [6.45, 7) is 3.10. The molecule has 2 aromatic heterocycles. The van der Waals surface area contributed by atoms with Crippen molar-refractivity contribution in [3.8, 4) is 0 Å². The van der Waals surface area contributed by atoms with Crippen LogP contribution in [0.15, 0.2) is 23.5 Å². The van der Waals surface area contributed by atoms with Gasteiger partial charge in [-0.05, 0) is 6.92 Å². The Morgan fingerprint density at radius 3 is 2.82 bits per heavy atom.